The van der Waals surface area contributed by atoms with Crippen molar-refractivity contribution in [2.75, 3.05) is 6.26 Å². The summed E-state index contributed by atoms with van der Waals surface area (Å²) in [6.45, 7) is 0. The van der Waals surface area contributed by atoms with Crippen molar-refractivity contribution < 1.29 is 12.8 Å². The average molecular weight is 520 g/mol. The second kappa shape index (κ2) is 8.63. The lowest BCUT2D eigenvalue weighted by molar-refractivity contribution is 0.602. The number of benzene rings is 3. The van der Waals surface area contributed by atoms with E-state index in [0.29, 0.717) is 0 Å². The van der Waals surface area contributed by atoms with Gasteiger partial charge in [0.25, 0.3) is 0 Å². The molecular formula is C22H15BrFNO2S3. The molecule has 0 saturated carbocycles. The second-order valence-corrected chi connectivity index (χ2v) is 11.8. The molecule has 3 nitrogen and oxygen atoms in total. The maximum atomic E-state index is 13.4. The number of nitrogens with zero attached hydrogens (tertiary/aromatic N) is 1. The first-order valence-corrected chi connectivity index (χ1v) is 13.1. The number of hydrogen-bond donors (Lipinski definition) is 0. The van der Waals surface area contributed by atoms with E-state index in [4.69, 9.17) is 4.98 Å². The van der Waals surface area contributed by atoms with Gasteiger partial charge in [0, 0.05) is 21.2 Å². The van der Waals surface area contributed by atoms with Crippen LogP contribution in [0.5, 0.6) is 0 Å². The van der Waals surface area contributed by atoms with Crippen LogP contribution in [0.3, 0.4) is 0 Å². The van der Waals surface area contributed by atoms with Crippen LogP contribution < -0.4 is 0 Å². The Labute approximate surface area is 191 Å². The van der Waals surface area contributed by atoms with Crippen LogP contribution in [0.1, 0.15) is 0 Å². The summed E-state index contributed by atoms with van der Waals surface area (Å²) in [7, 11) is -3.27. The number of aromatic nitrogens is 1. The van der Waals surface area contributed by atoms with Gasteiger partial charge in [-0.1, -0.05) is 39.8 Å². The summed E-state index contributed by atoms with van der Waals surface area (Å²) in [5.74, 6) is -0.308. The summed E-state index contributed by atoms with van der Waals surface area (Å²) >= 11 is 6.51. The highest BCUT2D eigenvalue weighted by molar-refractivity contribution is 9.10. The van der Waals surface area contributed by atoms with Crippen LogP contribution in [0.2, 0.25) is 0 Å². The molecule has 152 valence electrons. The Kier molecular flexibility index (Phi) is 6.11. The Morgan fingerprint density at radius 3 is 2.10 bits per heavy atom. The molecule has 1 heterocycles. The summed E-state index contributed by atoms with van der Waals surface area (Å²) in [4.78, 5) is 7.03. The average Bonchev–Trinajstić information content (AvgIpc) is 3.13. The van der Waals surface area contributed by atoms with Crippen LogP contribution in [-0.4, -0.2) is 19.7 Å². The smallest absolute Gasteiger partial charge is 0.175 e. The summed E-state index contributed by atoms with van der Waals surface area (Å²) < 4.78 is 38.8. The molecule has 0 atom stereocenters. The first-order chi connectivity index (χ1) is 14.3. The fourth-order valence-electron chi connectivity index (χ4n) is 2.80. The minimum absolute atomic E-state index is 0.267. The first kappa shape index (κ1) is 21.2. The molecule has 0 saturated heterocycles. The third kappa shape index (κ3) is 4.83. The van der Waals surface area contributed by atoms with Crippen LogP contribution in [0.25, 0.3) is 21.7 Å². The van der Waals surface area contributed by atoms with Crippen LogP contribution in [-0.2, 0) is 9.84 Å². The lowest BCUT2D eigenvalue weighted by Gasteiger charge is -2.04. The Morgan fingerprint density at radius 1 is 0.900 bits per heavy atom. The molecule has 0 radical (unpaired) electrons. The molecule has 4 rings (SSSR count). The molecule has 0 unspecified atom stereocenters. The van der Waals surface area contributed by atoms with E-state index in [9.17, 15) is 12.8 Å². The van der Waals surface area contributed by atoms with E-state index in [-0.39, 0.29) is 10.7 Å². The Morgan fingerprint density at radius 2 is 1.50 bits per heavy atom. The predicted octanol–water partition coefficient (Wildman–Crippen LogP) is 6.93. The minimum Gasteiger partial charge on any atom is -0.229 e. The zero-order valence-electron chi connectivity index (χ0n) is 15.7. The Hall–Kier alpha value is -2.00. The van der Waals surface area contributed by atoms with Crippen molar-refractivity contribution in [3.05, 3.63) is 83.1 Å². The van der Waals surface area contributed by atoms with E-state index < -0.39 is 9.84 Å². The molecule has 0 spiro atoms. The van der Waals surface area contributed by atoms with Crippen LogP contribution in [0.15, 0.2) is 91.4 Å². The zero-order chi connectivity index (χ0) is 21.3. The number of hydrogen-bond acceptors (Lipinski definition) is 5. The highest BCUT2D eigenvalue weighted by Crippen LogP contribution is 2.42. The van der Waals surface area contributed by atoms with Crippen molar-refractivity contribution in [2.24, 2.45) is 0 Å². The zero-order valence-corrected chi connectivity index (χ0v) is 19.7. The van der Waals surface area contributed by atoms with Gasteiger partial charge in [0.1, 0.15) is 5.82 Å². The van der Waals surface area contributed by atoms with Crippen LogP contribution >= 0.6 is 39.0 Å². The summed E-state index contributed by atoms with van der Waals surface area (Å²) in [6.07, 6.45) is 1.19. The van der Waals surface area contributed by atoms with Gasteiger partial charge in [0.2, 0.25) is 0 Å². The van der Waals surface area contributed by atoms with E-state index >= 15 is 0 Å². The first-order valence-electron chi connectivity index (χ1n) is 8.80. The molecule has 8 heteroatoms. The van der Waals surface area contributed by atoms with Crippen molar-refractivity contribution in [1.82, 2.24) is 4.98 Å². The molecule has 4 aromatic rings. The van der Waals surface area contributed by atoms with Gasteiger partial charge in [0.05, 0.1) is 15.5 Å². The van der Waals surface area contributed by atoms with Gasteiger partial charge in [-0.15, -0.1) is 11.3 Å². The van der Waals surface area contributed by atoms with Gasteiger partial charge in [0.15, 0.2) is 14.2 Å². The van der Waals surface area contributed by atoms with Gasteiger partial charge in [-0.05, 0) is 66.2 Å². The highest BCUT2D eigenvalue weighted by atomic mass is 79.9. The number of halogens is 2. The topological polar surface area (TPSA) is 47.0 Å². The van der Waals surface area contributed by atoms with Crippen molar-refractivity contribution in [2.45, 2.75) is 14.1 Å². The Balaban J connectivity index is 1.78. The largest absolute Gasteiger partial charge is 0.229 e. The van der Waals surface area contributed by atoms with Crippen LogP contribution in [0.4, 0.5) is 4.39 Å². The van der Waals surface area contributed by atoms with Gasteiger partial charge >= 0.3 is 0 Å². The molecule has 0 aliphatic carbocycles. The highest BCUT2D eigenvalue weighted by Gasteiger charge is 2.17. The standard InChI is InChI=1S/C22H15BrFNO2S3/c1-30(26,27)19-12-4-15(5-13-19)21-20(14-2-8-17(24)9-3-14)25-22(29-21)28-18-10-6-16(23)7-11-18/h2-13H,1H3. The summed E-state index contributed by atoms with van der Waals surface area (Å²) in [5, 5.41) is 0. The van der Waals surface area contributed by atoms with E-state index in [1.807, 2.05) is 24.3 Å². The minimum atomic E-state index is -3.27. The van der Waals surface area contributed by atoms with Gasteiger partial charge in [-0.2, -0.15) is 0 Å². The molecule has 3 aromatic carbocycles. The summed E-state index contributed by atoms with van der Waals surface area (Å²) in [6, 6.07) is 20.9. The molecule has 1 aromatic heterocycles. The normalized spacial score (nSPS) is 11.6. The van der Waals surface area contributed by atoms with Gasteiger partial charge < -0.3 is 0 Å². The third-order valence-electron chi connectivity index (χ3n) is 4.29. The third-order valence-corrected chi connectivity index (χ3v) is 8.12. The van der Waals surface area contributed by atoms with E-state index in [1.54, 1.807) is 48.2 Å². The second-order valence-electron chi connectivity index (χ2n) is 6.52. The SMILES string of the molecule is CS(=O)(=O)c1ccc(-c2sc(Sc3ccc(Br)cc3)nc2-c2ccc(F)cc2)cc1. The maximum Gasteiger partial charge on any atom is 0.175 e. The van der Waals surface area contributed by atoms with Crippen molar-refractivity contribution >= 4 is 48.9 Å². The fourth-order valence-corrected chi connectivity index (χ4v) is 5.84. The monoisotopic (exact) mass is 519 g/mol. The van der Waals surface area contributed by atoms with Crippen molar-refractivity contribution in [3.63, 3.8) is 0 Å². The van der Waals surface area contributed by atoms with E-state index in [2.05, 4.69) is 15.9 Å². The molecule has 0 bridgehead atoms. The number of sulfone groups is 1. The molecule has 30 heavy (non-hydrogen) atoms. The number of thiazole rings is 1. The molecule has 0 aliphatic rings. The number of rotatable bonds is 5. The molecule has 0 fully saturated rings. The Bertz CT molecular complexity index is 1280. The van der Waals surface area contributed by atoms with E-state index in [1.165, 1.54) is 29.7 Å². The lowest BCUT2D eigenvalue weighted by atomic mass is 10.1. The van der Waals surface area contributed by atoms with E-state index in [0.717, 1.165) is 35.4 Å². The molecule has 0 amide bonds. The molecular weight excluding hydrogens is 505 g/mol. The predicted molar refractivity (Wildman–Crippen MR) is 124 cm³/mol. The van der Waals surface area contributed by atoms with Crippen LogP contribution in [0, 0.1) is 5.82 Å². The van der Waals surface area contributed by atoms with Gasteiger partial charge in [-0.25, -0.2) is 17.8 Å². The van der Waals surface area contributed by atoms with Crippen molar-refractivity contribution in [3.8, 4) is 21.7 Å². The fraction of sp³-hybridized carbons (Fsp3) is 0.0455. The lowest BCUT2D eigenvalue weighted by Crippen LogP contribution is -1.96. The van der Waals surface area contributed by atoms with Gasteiger partial charge in [-0.3, -0.25) is 0 Å². The quantitative estimate of drug-likeness (QED) is 0.286. The maximum absolute atomic E-state index is 13.4. The molecule has 0 aliphatic heterocycles. The molecule has 0 N–H and O–H groups in total. The summed E-state index contributed by atoms with van der Waals surface area (Å²) in [5.41, 5.74) is 2.41. The van der Waals surface area contributed by atoms with Crippen molar-refractivity contribution in [1.29, 1.82) is 0 Å².